The molecule has 104 valence electrons. The molecule has 0 aliphatic rings. The van der Waals surface area contributed by atoms with Crippen LogP contribution in [0.5, 0.6) is 0 Å². The monoisotopic (exact) mass is 264 g/mol. The predicted molar refractivity (Wildman–Crippen MR) is 74.3 cm³/mol. The number of carboxylic acid groups (broad SMARTS) is 1. The first-order valence-corrected chi connectivity index (χ1v) is 6.27. The molecule has 0 saturated carbocycles. The Morgan fingerprint density at radius 3 is 2.32 bits per heavy atom. The normalized spacial score (nSPS) is 11.9. The lowest BCUT2D eigenvalue weighted by Crippen LogP contribution is -2.48. The summed E-state index contributed by atoms with van der Waals surface area (Å²) in [5.41, 5.74) is 1.89. The summed E-state index contributed by atoms with van der Waals surface area (Å²) in [5, 5.41) is 11.4. The van der Waals surface area contributed by atoms with E-state index < -0.39 is 17.9 Å². The third kappa shape index (κ3) is 3.79. The number of amides is 1. The SMILES string of the molecule is CCCc1ccc(N(C)C(=O)C(NC)C(=O)O)cc1. The van der Waals surface area contributed by atoms with E-state index in [1.165, 1.54) is 17.5 Å². The summed E-state index contributed by atoms with van der Waals surface area (Å²) >= 11 is 0. The highest BCUT2D eigenvalue weighted by molar-refractivity contribution is 6.08. The number of aliphatic carboxylic acids is 1. The van der Waals surface area contributed by atoms with Crippen LogP contribution in [0.4, 0.5) is 5.69 Å². The molecule has 1 unspecified atom stereocenters. The Morgan fingerprint density at radius 2 is 1.89 bits per heavy atom. The highest BCUT2D eigenvalue weighted by Gasteiger charge is 2.27. The molecule has 19 heavy (non-hydrogen) atoms. The molecule has 0 saturated heterocycles. The Morgan fingerprint density at radius 1 is 1.32 bits per heavy atom. The molecule has 5 heteroatoms. The van der Waals surface area contributed by atoms with Crippen molar-refractivity contribution in [3.05, 3.63) is 29.8 Å². The van der Waals surface area contributed by atoms with Gasteiger partial charge in [0, 0.05) is 12.7 Å². The summed E-state index contributed by atoms with van der Waals surface area (Å²) in [7, 11) is 3.03. The second-order valence-electron chi connectivity index (χ2n) is 4.37. The zero-order valence-corrected chi connectivity index (χ0v) is 11.5. The van der Waals surface area contributed by atoms with Gasteiger partial charge in [-0.3, -0.25) is 10.1 Å². The van der Waals surface area contributed by atoms with Crippen LogP contribution in [0.25, 0.3) is 0 Å². The van der Waals surface area contributed by atoms with Gasteiger partial charge in [0.25, 0.3) is 5.91 Å². The molecule has 0 fully saturated rings. The molecule has 0 aliphatic carbocycles. The van der Waals surface area contributed by atoms with Crippen LogP contribution in [0.15, 0.2) is 24.3 Å². The zero-order chi connectivity index (χ0) is 14.4. The number of carboxylic acids is 1. The van der Waals surface area contributed by atoms with Crippen molar-refractivity contribution in [3.8, 4) is 0 Å². The summed E-state index contributed by atoms with van der Waals surface area (Å²) in [6.45, 7) is 2.11. The van der Waals surface area contributed by atoms with Crippen molar-refractivity contribution in [2.75, 3.05) is 19.0 Å². The Labute approximate surface area is 113 Å². The smallest absolute Gasteiger partial charge is 0.330 e. The second kappa shape index (κ2) is 6.89. The fourth-order valence-corrected chi connectivity index (χ4v) is 1.85. The van der Waals surface area contributed by atoms with Gasteiger partial charge in [-0.1, -0.05) is 25.5 Å². The number of hydrogen-bond acceptors (Lipinski definition) is 3. The molecule has 1 aromatic rings. The van der Waals surface area contributed by atoms with Crippen molar-refractivity contribution >= 4 is 17.6 Å². The molecular weight excluding hydrogens is 244 g/mol. The van der Waals surface area contributed by atoms with Crippen molar-refractivity contribution in [2.24, 2.45) is 0 Å². The minimum atomic E-state index is -1.22. The summed E-state index contributed by atoms with van der Waals surface area (Å²) in [4.78, 5) is 24.3. The number of aryl methyl sites for hydroxylation is 1. The van der Waals surface area contributed by atoms with Gasteiger partial charge in [-0.15, -0.1) is 0 Å². The highest BCUT2D eigenvalue weighted by atomic mass is 16.4. The van der Waals surface area contributed by atoms with E-state index in [9.17, 15) is 9.59 Å². The van der Waals surface area contributed by atoms with Crippen LogP contribution < -0.4 is 10.2 Å². The second-order valence-corrected chi connectivity index (χ2v) is 4.37. The van der Waals surface area contributed by atoms with Crippen LogP contribution in [-0.4, -0.2) is 37.1 Å². The Hall–Kier alpha value is -1.88. The highest BCUT2D eigenvalue weighted by Crippen LogP contribution is 2.15. The maximum Gasteiger partial charge on any atom is 0.330 e. The van der Waals surface area contributed by atoms with E-state index in [2.05, 4.69) is 12.2 Å². The number of carbonyl (C=O) groups is 2. The Kier molecular flexibility index (Phi) is 5.51. The molecule has 0 radical (unpaired) electrons. The predicted octanol–water partition coefficient (Wildman–Crippen LogP) is 1.27. The maximum atomic E-state index is 12.0. The fourth-order valence-electron chi connectivity index (χ4n) is 1.85. The fraction of sp³-hybridized carbons (Fsp3) is 0.429. The summed E-state index contributed by atoms with van der Waals surface area (Å²) in [6, 6.07) is 6.35. The minimum Gasteiger partial charge on any atom is -0.480 e. The number of carbonyl (C=O) groups excluding carboxylic acids is 1. The molecule has 5 nitrogen and oxygen atoms in total. The minimum absolute atomic E-state index is 0.488. The number of rotatable bonds is 6. The van der Waals surface area contributed by atoms with Gasteiger partial charge in [-0.05, 0) is 31.2 Å². The number of nitrogens with one attached hydrogen (secondary N) is 1. The lowest BCUT2D eigenvalue weighted by molar-refractivity contribution is -0.143. The van der Waals surface area contributed by atoms with Crippen molar-refractivity contribution in [3.63, 3.8) is 0 Å². The van der Waals surface area contributed by atoms with Gasteiger partial charge in [0.2, 0.25) is 0 Å². The molecule has 2 N–H and O–H groups in total. The summed E-state index contributed by atoms with van der Waals surface area (Å²) in [5.74, 6) is -1.67. The van der Waals surface area contributed by atoms with E-state index in [0.717, 1.165) is 12.8 Å². The van der Waals surface area contributed by atoms with E-state index in [4.69, 9.17) is 5.11 Å². The van der Waals surface area contributed by atoms with E-state index >= 15 is 0 Å². The zero-order valence-electron chi connectivity index (χ0n) is 11.5. The van der Waals surface area contributed by atoms with Gasteiger partial charge in [-0.2, -0.15) is 0 Å². The Bertz CT molecular complexity index is 443. The largest absolute Gasteiger partial charge is 0.480 e. The van der Waals surface area contributed by atoms with Gasteiger partial charge in [-0.25, -0.2) is 4.79 Å². The van der Waals surface area contributed by atoms with E-state index in [0.29, 0.717) is 5.69 Å². The molecule has 0 aliphatic heterocycles. The van der Waals surface area contributed by atoms with Gasteiger partial charge in [0.05, 0.1) is 0 Å². The number of hydrogen-bond donors (Lipinski definition) is 2. The first kappa shape index (κ1) is 15.2. The van der Waals surface area contributed by atoms with Crippen molar-refractivity contribution < 1.29 is 14.7 Å². The molecule has 0 bridgehead atoms. The van der Waals surface area contributed by atoms with E-state index in [1.54, 1.807) is 7.05 Å². The van der Waals surface area contributed by atoms with Crippen LogP contribution >= 0.6 is 0 Å². The topological polar surface area (TPSA) is 69.6 Å². The van der Waals surface area contributed by atoms with Gasteiger partial charge >= 0.3 is 5.97 Å². The lowest BCUT2D eigenvalue weighted by atomic mass is 10.1. The molecule has 1 atom stereocenters. The number of nitrogens with zero attached hydrogens (tertiary/aromatic N) is 1. The number of anilines is 1. The molecule has 1 amide bonds. The van der Waals surface area contributed by atoms with E-state index in [1.807, 2.05) is 24.3 Å². The first-order valence-electron chi connectivity index (χ1n) is 6.27. The maximum absolute atomic E-state index is 12.0. The third-order valence-corrected chi connectivity index (χ3v) is 2.98. The van der Waals surface area contributed by atoms with Gasteiger partial charge in [0.1, 0.15) is 0 Å². The lowest BCUT2D eigenvalue weighted by Gasteiger charge is -2.21. The van der Waals surface area contributed by atoms with Crippen molar-refractivity contribution in [1.29, 1.82) is 0 Å². The molecule has 1 rings (SSSR count). The molecule has 0 aromatic heterocycles. The number of benzene rings is 1. The first-order chi connectivity index (χ1) is 9.01. The molecule has 1 aromatic carbocycles. The average molecular weight is 264 g/mol. The van der Waals surface area contributed by atoms with Crippen LogP contribution in [-0.2, 0) is 16.0 Å². The summed E-state index contributed by atoms with van der Waals surface area (Å²) in [6.07, 6.45) is 2.06. The van der Waals surface area contributed by atoms with Crippen LogP contribution in [0.2, 0.25) is 0 Å². The number of likely N-dealkylation sites (N-methyl/N-ethyl adjacent to an activating group) is 2. The van der Waals surface area contributed by atoms with Crippen LogP contribution in [0, 0.1) is 0 Å². The molecular formula is C14H20N2O3. The average Bonchev–Trinajstić information content (AvgIpc) is 2.39. The quantitative estimate of drug-likeness (QED) is 0.759. The van der Waals surface area contributed by atoms with Crippen LogP contribution in [0.1, 0.15) is 18.9 Å². The summed E-state index contributed by atoms with van der Waals surface area (Å²) < 4.78 is 0. The van der Waals surface area contributed by atoms with E-state index in [-0.39, 0.29) is 0 Å². The Balaban J connectivity index is 2.84. The third-order valence-electron chi connectivity index (χ3n) is 2.98. The van der Waals surface area contributed by atoms with Gasteiger partial charge < -0.3 is 10.0 Å². The van der Waals surface area contributed by atoms with Crippen molar-refractivity contribution in [1.82, 2.24) is 5.32 Å². The molecule has 0 spiro atoms. The molecule has 0 heterocycles. The standard InChI is InChI=1S/C14H20N2O3/c1-4-5-10-6-8-11(9-7-10)16(3)13(17)12(15-2)14(18)19/h6-9,12,15H,4-5H2,1-3H3,(H,18,19). The van der Waals surface area contributed by atoms with Crippen LogP contribution in [0.3, 0.4) is 0 Å². The van der Waals surface area contributed by atoms with Gasteiger partial charge in [0.15, 0.2) is 6.04 Å². The van der Waals surface area contributed by atoms with Crippen molar-refractivity contribution in [2.45, 2.75) is 25.8 Å².